The summed E-state index contributed by atoms with van der Waals surface area (Å²) in [4.78, 5) is 16.5. The van der Waals surface area contributed by atoms with Crippen molar-refractivity contribution < 1.29 is 13.7 Å². The number of para-hydroxylation sites is 1. The number of hydrogen-bond acceptors (Lipinski definition) is 5. The molecule has 1 amide bonds. The summed E-state index contributed by atoms with van der Waals surface area (Å²) in [6.45, 7) is 4.41. The molecular weight excluding hydrogens is 342 g/mol. The van der Waals surface area contributed by atoms with E-state index in [9.17, 15) is 4.79 Å². The van der Waals surface area contributed by atoms with Crippen LogP contribution < -0.4 is 5.32 Å². The largest absolute Gasteiger partial charge is 0.452 e. The van der Waals surface area contributed by atoms with Crippen LogP contribution in [0.5, 0.6) is 0 Å². The predicted octanol–water partition coefficient (Wildman–Crippen LogP) is 4.07. The SMILES string of the molecule is Cc1c(-c2noc(C(=O)NCCc3ccccc3)n2)oc2c(C)cccc12. The van der Waals surface area contributed by atoms with E-state index in [1.807, 2.05) is 62.4 Å². The Morgan fingerprint density at radius 3 is 2.67 bits per heavy atom. The number of fused-ring (bicyclic) bond motifs is 1. The summed E-state index contributed by atoms with van der Waals surface area (Å²) >= 11 is 0. The van der Waals surface area contributed by atoms with Gasteiger partial charge in [-0.05, 0) is 31.4 Å². The minimum atomic E-state index is -0.394. The lowest BCUT2D eigenvalue weighted by Crippen LogP contribution is -2.25. The fraction of sp³-hybridized carbons (Fsp3) is 0.190. The van der Waals surface area contributed by atoms with Crippen LogP contribution in [-0.4, -0.2) is 22.6 Å². The molecule has 2 aromatic carbocycles. The van der Waals surface area contributed by atoms with Crippen LogP contribution >= 0.6 is 0 Å². The number of rotatable bonds is 5. The van der Waals surface area contributed by atoms with Crippen molar-refractivity contribution in [3.8, 4) is 11.6 Å². The number of carbonyl (C=O) groups is 1. The van der Waals surface area contributed by atoms with Crippen molar-refractivity contribution in [1.82, 2.24) is 15.5 Å². The number of nitrogens with one attached hydrogen (secondary N) is 1. The van der Waals surface area contributed by atoms with Gasteiger partial charge in [0.2, 0.25) is 5.82 Å². The molecule has 1 N–H and O–H groups in total. The van der Waals surface area contributed by atoms with Gasteiger partial charge in [-0.1, -0.05) is 53.7 Å². The lowest BCUT2D eigenvalue weighted by molar-refractivity contribution is 0.0910. The number of furan rings is 1. The molecule has 0 aliphatic rings. The number of carbonyl (C=O) groups excluding carboxylic acids is 1. The van der Waals surface area contributed by atoms with Crippen LogP contribution in [0.4, 0.5) is 0 Å². The van der Waals surface area contributed by atoms with E-state index in [1.165, 1.54) is 0 Å². The molecule has 0 unspecified atom stereocenters. The van der Waals surface area contributed by atoms with E-state index in [0.29, 0.717) is 12.3 Å². The third-order valence-corrected chi connectivity index (χ3v) is 4.53. The lowest BCUT2D eigenvalue weighted by atomic mass is 10.1. The first-order valence-corrected chi connectivity index (χ1v) is 8.78. The molecule has 136 valence electrons. The molecule has 0 fully saturated rings. The van der Waals surface area contributed by atoms with Crippen LogP contribution in [0.1, 0.15) is 27.4 Å². The minimum Gasteiger partial charge on any atom is -0.452 e. The summed E-state index contributed by atoms with van der Waals surface area (Å²) in [5, 5.41) is 7.72. The Balaban J connectivity index is 1.49. The summed E-state index contributed by atoms with van der Waals surface area (Å²) in [6.07, 6.45) is 0.732. The van der Waals surface area contributed by atoms with Gasteiger partial charge in [0.05, 0.1) is 0 Å². The van der Waals surface area contributed by atoms with E-state index >= 15 is 0 Å². The second-order valence-corrected chi connectivity index (χ2v) is 6.42. The third kappa shape index (κ3) is 3.33. The van der Waals surface area contributed by atoms with Crippen molar-refractivity contribution >= 4 is 16.9 Å². The molecule has 6 heteroatoms. The number of nitrogens with zero attached hydrogens (tertiary/aromatic N) is 2. The number of aromatic nitrogens is 2. The molecule has 0 spiro atoms. The van der Waals surface area contributed by atoms with Crippen molar-refractivity contribution in [1.29, 1.82) is 0 Å². The highest BCUT2D eigenvalue weighted by Gasteiger charge is 2.21. The summed E-state index contributed by atoms with van der Waals surface area (Å²) < 4.78 is 11.1. The average Bonchev–Trinajstić information content (AvgIpc) is 3.29. The molecule has 27 heavy (non-hydrogen) atoms. The van der Waals surface area contributed by atoms with Gasteiger partial charge in [-0.15, -0.1) is 0 Å². The second-order valence-electron chi connectivity index (χ2n) is 6.42. The fourth-order valence-corrected chi connectivity index (χ4v) is 3.05. The fourth-order valence-electron chi connectivity index (χ4n) is 3.05. The molecular formula is C21H19N3O3. The zero-order valence-electron chi connectivity index (χ0n) is 15.2. The quantitative estimate of drug-likeness (QED) is 0.579. The summed E-state index contributed by atoms with van der Waals surface area (Å²) in [5.41, 5.74) is 3.90. The molecule has 0 radical (unpaired) electrons. The Kier molecular flexibility index (Phi) is 4.46. The molecule has 2 aromatic heterocycles. The Morgan fingerprint density at radius 2 is 1.89 bits per heavy atom. The zero-order chi connectivity index (χ0) is 18.8. The normalized spacial score (nSPS) is 11.0. The van der Waals surface area contributed by atoms with E-state index in [-0.39, 0.29) is 11.7 Å². The van der Waals surface area contributed by atoms with Gasteiger partial charge < -0.3 is 14.3 Å². The van der Waals surface area contributed by atoms with Crippen molar-refractivity contribution in [3.63, 3.8) is 0 Å². The molecule has 0 saturated carbocycles. The molecule has 0 aliphatic heterocycles. The van der Waals surface area contributed by atoms with Crippen molar-refractivity contribution in [2.24, 2.45) is 0 Å². The van der Waals surface area contributed by atoms with Gasteiger partial charge in [0.1, 0.15) is 5.58 Å². The highest BCUT2D eigenvalue weighted by Crippen LogP contribution is 2.32. The van der Waals surface area contributed by atoms with Crippen molar-refractivity contribution in [3.05, 3.63) is 71.1 Å². The molecule has 0 bridgehead atoms. The predicted molar refractivity (Wildman–Crippen MR) is 101 cm³/mol. The topological polar surface area (TPSA) is 81.2 Å². The van der Waals surface area contributed by atoms with E-state index in [1.54, 1.807) is 0 Å². The molecule has 0 atom stereocenters. The first-order valence-electron chi connectivity index (χ1n) is 8.78. The third-order valence-electron chi connectivity index (χ3n) is 4.53. The van der Waals surface area contributed by atoms with Gasteiger partial charge >= 0.3 is 11.8 Å². The Morgan fingerprint density at radius 1 is 1.07 bits per heavy atom. The maximum Gasteiger partial charge on any atom is 0.316 e. The standard InChI is InChI=1S/C21H19N3O3/c1-13-7-6-10-16-14(2)18(26-17(13)16)19-23-21(27-24-19)20(25)22-12-11-15-8-4-3-5-9-15/h3-10H,11-12H2,1-2H3,(H,22,25). The number of aryl methyl sites for hydroxylation is 2. The van der Waals surface area contributed by atoms with Gasteiger partial charge in [-0.25, -0.2) is 0 Å². The van der Waals surface area contributed by atoms with Crippen LogP contribution in [0.2, 0.25) is 0 Å². The number of hydrogen-bond donors (Lipinski definition) is 1. The van der Waals surface area contributed by atoms with Crippen LogP contribution in [0, 0.1) is 13.8 Å². The molecule has 4 rings (SSSR count). The monoisotopic (exact) mass is 361 g/mol. The number of amides is 1. The first-order chi connectivity index (χ1) is 13.1. The number of benzene rings is 2. The lowest BCUT2D eigenvalue weighted by Gasteiger charge is -2.02. The smallest absolute Gasteiger partial charge is 0.316 e. The molecule has 0 aliphatic carbocycles. The Hall–Kier alpha value is -3.41. The van der Waals surface area contributed by atoms with Crippen molar-refractivity contribution in [2.75, 3.05) is 6.54 Å². The highest BCUT2D eigenvalue weighted by atomic mass is 16.5. The van der Waals surface area contributed by atoms with Crippen LogP contribution in [0.3, 0.4) is 0 Å². The Labute approximate surface area is 156 Å². The maximum atomic E-state index is 12.3. The van der Waals surface area contributed by atoms with Crippen LogP contribution in [-0.2, 0) is 6.42 Å². The van der Waals surface area contributed by atoms with Gasteiger partial charge in [0.15, 0.2) is 5.76 Å². The summed E-state index contributed by atoms with van der Waals surface area (Å²) in [5.74, 6) is 0.326. The summed E-state index contributed by atoms with van der Waals surface area (Å²) in [7, 11) is 0. The highest BCUT2D eigenvalue weighted by molar-refractivity contribution is 5.91. The second kappa shape index (κ2) is 7.07. The zero-order valence-corrected chi connectivity index (χ0v) is 15.2. The van der Waals surface area contributed by atoms with E-state index in [2.05, 4.69) is 15.5 Å². The molecule has 4 aromatic rings. The van der Waals surface area contributed by atoms with Gasteiger partial charge in [-0.3, -0.25) is 4.79 Å². The molecule has 0 saturated heterocycles. The van der Waals surface area contributed by atoms with E-state index < -0.39 is 5.91 Å². The molecule has 2 heterocycles. The van der Waals surface area contributed by atoms with Crippen LogP contribution in [0.25, 0.3) is 22.6 Å². The maximum absolute atomic E-state index is 12.3. The minimum absolute atomic E-state index is 0.0744. The Bertz CT molecular complexity index is 1100. The van der Waals surface area contributed by atoms with Crippen LogP contribution in [0.15, 0.2) is 57.5 Å². The van der Waals surface area contributed by atoms with Gasteiger partial charge in [-0.2, -0.15) is 4.98 Å². The first kappa shape index (κ1) is 17.0. The summed E-state index contributed by atoms with van der Waals surface area (Å²) in [6, 6.07) is 15.9. The molecule has 6 nitrogen and oxygen atoms in total. The van der Waals surface area contributed by atoms with Gasteiger partial charge in [0, 0.05) is 17.5 Å². The van der Waals surface area contributed by atoms with E-state index in [0.717, 1.165) is 34.1 Å². The van der Waals surface area contributed by atoms with Gasteiger partial charge in [0.25, 0.3) is 0 Å². The van der Waals surface area contributed by atoms with E-state index in [4.69, 9.17) is 8.94 Å². The van der Waals surface area contributed by atoms with Crippen molar-refractivity contribution in [2.45, 2.75) is 20.3 Å². The average molecular weight is 361 g/mol.